The van der Waals surface area contributed by atoms with Crippen molar-refractivity contribution in [3.05, 3.63) is 53.2 Å². The molecule has 0 aliphatic heterocycles. The van der Waals surface area contributed by atoms with Crippen molar-refractivity contribution in [3.8, 4) is 0 Å². The van der Waals surface area contributed by atoms with Crippen LogP contribution in [0, 0.1) is 12.7 Å². The third-order valence-corrected chi connectivity index (χ3v) is 8.36. The number of pyridine rings is 1. The molecule has 0 amide bonds. The lowest BCUT2D eigenvalue weighted by molar-refractivity contribution is -0.0583. The number of hydrogen-bond acceptors (Lipinski definition) is 6. The number of hydrogen-bond donors (Lipinski definition) is 2. The van der Waals surface area contributed by atoms with Crippen LogP contribution in [0.2, 0.25) is 0 Å². The number of aryl methyl sites for hydroxylation is 1. The van der Waals surface area contributed by atoms with Crippen LogP contribution in [0.5, 0.6) is 0 Å². The van der Waals surface area contributed by atoms with Gasteiger partial charge in [-0.2, -0.15) is 8.78 Å². The molecule has 166 valence electrons. The van der Waals surface area contributed by atoms with Crippen molar-refractivity contribution in [1.82, 2.24) is 15.0 Å². The minimum absolute atomic E-state index is 0.00679. The van der Waals surface area contributed by atoms with Gasteiger partial charge in [-0.3, -0.25) is 4.98 Å². The molecule has 0 saturated carbocycles. The lowest BCUT2D eigenvalue weighted by atomic mass is 10.0. The average molecular weight is 452 g/mol. The van der Waals surface area contributed by atoms with Gasteiger partial charge in [-0.15, -0.1) is 0 Å². The van der Waals surface area contributed by atoms with Crippen LogP contribution < -0.4 is 10.8 Å². The van der Waals surface area contributed by atoms with Crippen molar-refractivity contribution in [2.75, 3.05) is 18.6 Å². The Morgan fingerprint density at radius 3 is 2.61 bits per heavy atom. The smallest absolute Gasteiger partial charge is 0.298 e. The molecule has 2 heterocycles. The zero-order valence-electron chi connectivity index (χ0n) is 17.7. The highest BCUT2D eigenvalue weighted by atomic mass is 31.2. The molecule has 1 unspecified atom stereocenters. The SMILES string of the molecule is Cc1nc(NCc2cccc(C(F)(F)CO)c2F)c2cc(P(C)(=O)C(C)C)ncc2n1. The van der Waals surface area contributed by atoms with Gasteiger partial charge in [-0.05, 0) is 25.7 Å². The Morgan fingerprint density at radius 2 is 1.97 bits per heavy atom. The highest BCUT2D eigenvalue weighted by Gasteiger charge is 2.34. The summed E-state index contributed by atoms with van der Waals surface area (Å²) in [5, 5.41) is 12.4. The predicted octanol–water partition coefficient (Wildman–Crippen LogP) is 4.20. The summed E-state index contributed by atoms with van der Waals surface area (Å²) in [6.45, 7) is 5.44. The van der Waals surface area contributed by atoms with E-state index in [4.69, 9.17) is 5.11 Å². The number of aliphatic hydroxyl groups excluding tert-OH is 1. The number of anilines is 1. The number of aliphatic hydroxyl groups is 1. The maximum absolute atomic E-state index is 14.6. The van der Waals surface area contributed by atoms with E-state index in [1.807, 2.05) is 13.8 Å². The largest absolute Gasteiger partial charge is 0.390 e. The standard InChI is InChI=1S/C21H24F3N4O2P/c1-12(2)31(4,30)18-8-15-17(10-25-18)27-13(3)28-20(15)26-9-14-6-5-7-16(19(14)22)21(23,24)11-29/h5-8,10,12,29H,9,11H2,1-4H3,(H,26,27,28). The van der Waals surface area contributed by atoms with E-state index in [1.165, 1.54) is 18.3 Å². The van der Waals surface area contributed by atoms with E-state index in [1.54, 1.807) is 19.7 Å². The molecule has 10 heteroatoms. The van der Waals surface area contributed by atoms with Crippen LogP contribution in [0.15, 0.2) is 30.5 Å². The van der Waals surface area contributed by atoms with Crippen molar-refractivity contribution >= 4 is 29.3 Å². The maximum atomic E-state index is 14.6. The van der Waals surface area contributed by atoms with Gasteiger partial charge >= 0.3 is 0 Å². The third kappa shape index (κ3) is 4.57. The molecule has 0 aliphatic rings. The molecule has 0 radical (unpaired) electrons. The topological polar surface area (TPSA) is 88.0 Å². The van der Waals surface area contributed by atoms with Crippen molar-refractivity contribution in [3.63, 3.8) is 0 Å². The number of nitrogens with one attached hydrogen (secondary N) is 1. The summed E-state index contributed by atoms with van der Waals surface area (Å²) in [7, 11) is -2.73. The van der Waals surface area contributed by atoms with Gasteiger partial charge in [0.25, 0.3) is 5.92 Å². The molecule has 0 saturated heterocycles. The predicted molar refractivity (Wildman–Crippen MR) is 115 cm³/mol. The minimum atomic E-state index is -3.68. The van der Waals surface area contributed by atoms with Gasteiger partial charge in [0.2, 0.25) is 0 Å². The van der Waals surface area contributed by atoms with E-state index in [0.29, 0.717) is 28.0 Å². The maximum Gasteiger partial charge on any atom is 0.298 e. The molecule has 0 fully saturated rings. The quantitative estimate of drug-likeness (QED) is 0.523. The number of benzene rings is 1. The lowest BCUT2D eigenvalue weighted by Gasteiger charge is -2.18. The number of fused-ring (bicyclic) bond motifs is 1. The molecule has 2 N–H and O–H groups in total. The van der Waals surface area contributed by atoms with E-state index in [0.717, 1.165) is 6.07 Å². The second-order valence-corrected chi connectivity index (χ2v) is 11.2. The number of aromatic nitrogens is 3. The summed E-state index contributed by atoms with van der Waals surface area (Å²) in [6, 6.07) is 5.29. The Kier molecular flexibility index (Phi) is 6.39. The number of halogens is 3. The first-order chi connectivity index (χ1) is 14.5. The molecule has 0 spiro atoms. The minimum Gasteiger partial charge on any atom is -0.390 e. The van der Waals surface area contributed by atoms with Gasteiger partial charge in [-0.1, -0.05) is 26.0 Å². The molecule has 1 aromatic carbocycles. The van der Waals surface area contributed by atoms with Crippen molar-refractivity contribution in [2.24, 2.45) is 0 Å². The molecule has 1 atom stereocenters. The van der Waals surface area contributed by atoms with Gasteiger partial charge in [0, 0.05) is 23.2 Å². The van der Waals surface area contributed by atoms with Gasteiger partial charge in [0.15, 0.2) is 0 Å². The Hall–Kier alpha value is -2.51. The molecule has 3 aromatic rings. The van der Waals surface area contributed by atoms with E-state index in [2.05, 4.69) is 20.3 Å². The zero-order chi connectivity index (χ0) is 23.0. The van der Waals surface area contributed by atoms with E-state index in [9.17, 15) is 17.7 Å². The summed E-state index contributed by atoms with van der Waals surface area (Å²) in [6.07, 6.45) is 1.52. The first-order valence-electron chi connectivity index (χ1n) is 9.70. The molecule has 31 heavy (non-hydrogen) atoms. The zero-order valence-corrected chi connectivity index (χ0v) is 18.6. The molecule has 3 rings (SSSR count). The number of rotatable bonds is 7. The molecular weight excluding hydrogens is 428 g/mol. The molecule has 0 aliphatic carbocycles. The van der Waals surface area contributed by atoms with Crippen LogP contribution in [0.1, 0.15) is 30.8 Å². The summed E-state index contributed by atoms with van der Waals surface area (Å²) < 4.78 is 55.3. The van der Waals surface area contributed by atoms with Gasteiger partial charge in [0.1, 0.15) is 36.6 Å². The van der Waals surface area contributed by atoms with E-state index in [-0.39, 0.29) is 17.8 Å². The number of nitrogens with zero attached hydrogens (tertiary/aromatic N) is 3. The summed E-state index contributed by atoms with van der Waals surface area (Å²) in [5.74, 6) is -3.98. The van der Waals surface area contributed by atoms with Crippen molar-refractivity contribution in [1.29, 1.82) is 0 Å². The van der Waals surface area contributed by atoms with Crippen molar-refractivity contribution in [2.45, 2.75) is 38.9 Å². The first kappa shape index (κ1) is 23.2. The molecular formula is C21H24F3N4O2P. The fourth-order valence-electron chi connectivity index (χ4n) is 3.04. The average Bonchev–Trinajstić information content (AvgIpc) is 2.72. The Labute approximate surface area is 178 Å². The van der Waals surface area contributed by atoms with Gasteiger partial charge < -0.3 is 15.0 Å². The first-order valence-corrected chi connectivity index (χ1v) is 11.9. The second-order valence-electron chi connectivity index (χ2n) is 7.76. The third-order valence-electron chi connectivity index (χ3n) is 5.24. The molecule has 2 aromatic heterocycles. The van der Waals surface area contributed by atoms with Crippen LogP contribution in [0.25, 0.3) is 10.9 Å². The Bertz CT molecular complexity index is 1170. The van der Waals surface area contributed by atoms with E-state index < -0.39 is 31.1 Å². The molecule has 0 bridgehead atoms. The second kappa shape index (κ2) is 8.55. The number of alkyl halides is 2. The van der Waals surface area contributed by atoms with Crippen LogP contribution >= 0.6 is 7.14 Å². The monoisotopic (exact) mass is 452 g/mol. The molecule has 6 nitrogen and oxygen atoms in total. The summed E-state index contributed by atoms with van der Waals surface area (Å²) >= 11 is 0. The van der Waals surface area contributed by atoms with Gasteiger partial charge in [0.05, 0.1) is 17.3 Å². The normalized spacial score (nSPS) is 14.1. The Morgan fingerprint density at radius 1 is 1.26 bits per heavy atom. The van der Waals surface area contributed by atoms with Gasteiger partial charge in [-0.25, -0.2) is 14.4 Å². The van der Waals surface area contributed by atoms with Crippen LogP contribution in [0.4, 0.5) is 19.0 Å². The fourth-order valence-corrected chi connectivity index (χ4v) is 4.24. The fraction of sp³-hybridized carbons (Fsp3) is 0.381. The highest BCUT2D eigenvalue weighted by Crippen LogP contribution is 2.45. The van der Waals surface area contributed by atoms with Crippen LogP contribution in [-0.2, 0) is 17.0 Å². The Balaban J connectivity index is 2.01. The van der Waals surface area contributed by atoms with E-state index >= 15 is 0 Å². The summed E-state index contributed by atoms with van der Waals surface area (Å²) in [5.41, 5.74) is -0.0314. The van der Waals surface area contributed by atoms with Crippen LogP contribution in [0.3, 0.4) is 0 Å². The van der Waals surface area contributed by atoms with Crippen molar-refractivity contribution < 1.29 is 22.8 Å². The van der Waals surface area contributed by atoms with Crippen LogP contribution in [-0.4, -0.2) is 39.0 Å². The summed E-state index contributed by atoms with van der Waals surface area (Å²) in [4.78, 5) is 13.0. The highest BCUT2D eigenvalue weighted by molar-refractivity contribution is 7.71. The lowest BCUT2D eigenvalue weighted by Crippen LogP contribution is -2.21.